The highest BCUT2D eigenvalue weighted by molar-refractivity contribution is 9.10. The van der Waals surface area contributed by atoms with Gasteiger partial charge in [-0.05, 0) is 48.5 Å². The summed E-state index contributed by atoms with van der Waals surface area (Å²) in [5.41, 5.74) is 0.362. The number of carbonyl (C=O) groups excluding carboxylic acids is 1. The molecule has 0 aliphatic rings. The molecular formula is C14H11BrClNO2S. The zero-order chi connectivity index (χ0) is 14.8. The quantitative estimate of drug-likeness (QED) is 0.784. The third-order valence-corrected chi connectivity index (χ3v) is 5.04. The molecule has 0 radical (unpaired) electrons. The minimum Gasteiger partial charge on any atom is -0.266 e. The fourth-order valence-electron chi connectivity index (χ4n) is 1.54. The Morgan fingerprint density at radius 2 is 1.65 bits per heavy atom. The van der Waals surface area contributed by atoms with Crippen LogP contribution < -0.4 is 0 Å². The zero-order valence-electron chi connectivity index (χ0n) is 10.5. The van der Waals surface area contributed by atoms with Crippen molar-refractivity contribution in [3.63, 3.8) is 0 Å². The van der Waals surface area contributed by atoms with Crippen molar-refractivity contribution in [3.05, 3.63) is 63.6 Å². The summed E-state index contributed by atoms with van der Waals surface area (Å²) in [6.45, 7) is 0. The summed E-state index contributed by atoms with van der Waals surface area (Å²) >= 11 is 9.06. The maximum absolute atomic E-state index is 12.5. The average molecular weight is 373 g/mol. The second-order valence-electron chi connectivity index (χ2n) is 4.16. The molecule has 20 heavy (non-hydrogen) atoms. The first-order valence-electron chi connectivity index (χ1n) is 5.66. The Morgan fingerprint density at radius 1 is 1.10 bits per heavy atom. The van der Waals surface area contributed by atoms with Gasteiger partial charge in [0.15, 0.2) is 0 Å². The molecule has 0 aliphatic carbocycles. The van der Waals surface area contributed by atoms with Gasteiger partial charge < -0.3 is 0 Å². The van der Waals surface area contributed by atoms with Crippen molar-refractivity contribution in [3.8, 4) is 0 Å². The molecule has 2 aromatic rings. The Balaban J connectivity index is 2.37. The molecule has 6 heteroatoms. The standard InChI is InChI=1S/C14H11BrClNO2S/c1-20(19,13-8-4-11(15)5-9-13)17-14(18)10-2-6-12(16)7-3-10/h2-9H,1H3. The molecule has 1 amide bonds. The molecular weight excluding hydrogens is 362 g/mol. The van der Waals surface area contributed by atoms with E-state index in [4.69, 9.17) is 11.6 Å². The summed E-state index contributed by atoms with van der Waals surface area (Å²) in [6.07, 6.45) is 1.45. The maximum Gasteiger partial charge on any atom is 0.285 e. The van der Waals surface area contributed by atoms with Crippen molar-refractivity contribution >= 4 is 43.2 Å². The number of halogens is 2. The van der Waals surface area contributed by atoms with Gasteiger partial charge >= 0.3 is 0 Å². The van der Waals surface area contributed by atoms with Crippen LogP contribution in [0.3, 0.4) is 0 Å². The molecule has 2 aromatic carbocycles. The lowest BCUT2D eigenvalue weighted by Crippen LogP contribution is -2.03. The van der Waals surface area contributed by atoms with E-state index in [1.165, 1.54) is 6.26 Å². The molecule has 0 saturated heterocycles. The lowest BCUT2D eigenvalue weighted by Gasteiger charge is -2.04. The van der Waals surface area contributed by atoms with Gasteiger partial charge in [-0.2, -0.15) is 4.36 Å². The van der Waals surface area contributed by atoms with Gasteiger partial charge in [-0.3, -0.25) is 4.79 Å². The van der Waals surface area contributed by atoms with Crippen LogP contribution in [0.15, 0.2) is 62.3 Å². The minimum atomic E-state index is -2.76. The Hall–Kier alpha value is -1.17. The molecule has 1 unspecified atom stereocenters. The largest absolute Gasteiger partial charge is 0.285 e. The first kappa shape index (κ1) is 15.2. The third-order valence-electron chi connectivity index (χ3n) is 2.60. The van der Waals surface area contributed by atoms with Crippen molar-refractivity contribution in [1.29, 1.82) is 0 Å². The van der Waals surface area contributed by atoms with Crippen LogP contribution >= 0.6 is 27.5 Å². The molecule has 0 aliphatic heterocycles. The Kier molecular flexibility index (Phi) is 4.62. The minimum absolute atomic E-state index is 0.362. The molecule has 0 spiro atoms. The van der Waals surface area contributed by atoms with E-state index >= 15 is 0 Å². The zero-order valence-corrected chi connectivity index (χ0v) is 13.7. The van der Waals surface area contributed by atoms with Gasteiger partial charge in [0, 0.05) is 26.2 Å². The molecule has 104 valence electrons. The number of hydrogen-bond acceptors (Lipinski definition) is 2. The van der Waals surface area contributed by atoms with Gasteiger partial charge in [0.1, 0.15) is 0 Å². The van der Waals surface area contributed by atoms with Crippen molar-refractivity contribution in [2.45, 2.75) is 4.90 Å². The summed E-state index contributed by atoms with van der Waals surface area (Å²) in [5, 5.41) is 0.534. The van der Waals surface area contributed by atoms with Gasteiger partial charge in [-0.1, -0.05) is 27.5 Å². The van der Waals surface area contributed by atoms with Crippen LogP contribution in [0.2, 0.25) is 5.02 Å². The van der Waals surface area contributed by atoms with E-state index in [1.54, 1.807) is 48.5 Å². The third kappa shape index (κ3) is 3.69. The van der Waals surface area contributed by atoms with Gasteiger partial charge in [0.2, 0.25) is 0 Å². The molecule has 0 saturated carbocycles. The van der Waals surface area contributed by atoms with Crippen LogP contribution in [0.4, 0.5) is 0 Å². The number of carbonyl (C=O) groups is 1. The maximum atomic E-state index is 12.5. The molecule has 0 fully saturated rings. The normalized spacial score (nSPS) is 13.6. The topological polar surface area (TPSA) is 46.5 Å². The highest BCUT2D eigenvalue weighted by Crippen LogP contribution is 2.17. The molecule has 1 atom stereocenters. The van der Waals surface area contributed by atoms with Gasteiger partial charge in [0.25, 0.3) is 5.91 Å². The summed E-state index contributed by atoms with van der Waals surface area (Å²) in [5.74, 6) is -0.517. The van der Waals surface area contributed by atoms with E-state index in [2.05, 4.69) is 20.3 Å². The van der Waals surface area contributed by atoms with E-state index in [9.17, 15) is 9.00 Å². The SMILES string of the molecule is CS(=O)(=NC(=O)c1ccc(Cl)cc1)c1ccc(Br)cc1. The molecule has 2 rings (SSSR count). The molecule has 3 nitrogen and oxygen atoms in total. The first-order valence-corrected chi connectivity index (χ1v) is 8.75. The summed E-state index contributed by atoms with van der Waals surface area (Å²) in [7, 11) is -2.76. The second-order valence-corrected chi connectivity index (χ2v) is 7.77. The van der Waals surface area contributed by atoms with E-state index in [1.807, 2.05) is 0 Å². The van der Waals surface area contributed by atoms with Gasteiger partial charge in [-0.15, -0.1) is 0 Å². The van der Waals surface area contributed by atoms with Crippen molar-refractivity contribution < 1.29 is 9.00 Å². The molecule has 0 aromatic heterocycles. The average Bonchev–Trinajstić information content (AvgIpc) is 2.39. The van der Waals surface area contributed by atoms with Crippen molar-refractivity contribution in [2.75, 3.05) is 6.26 Å². The number of benzene rings is 2. The van der Waals surface area contributed by atoms with Crippen LogP contribution in [-0.4, -0.2) is 16.4 Å². The van der Waals surface area contributed by atoms with E-state index in [-0.39, 0.29) is 0 Å². The number of rotatable bonds is 2. The number of hydrogen-bond donors (Lipinski definition) is 0. The fourth-order valence-corrected chi connectivity index (χ4v) is 3.10. The smallest absolute Gasteiger partial charge is 0.266 e. The van der Waals surface area contributed by atoms with E-state index in [0.29, 0.717) is 15.5 Å². The van der Waals surface area contributed by atoms with Crippen LogP contribution in [0, 0.1) is 0 Å². The van der Waals surface area contributed by atoms with Gasteiger partial charge in [-0.25, -0.2) is 4.21 Å². The highest BCUT2D eigenvalue weighted by atomic mass is 79.9. The summed E-state index contributed by atoms with van der Waals surface area (Å²) < 4.78 is 17.2. The fraction of sp³-hybridized carbons (Fsp3) is 0.0714. The Labute approximate surface area is 131 Å². The van der Waals surface area contributed by atoms with Gasteiger partial charge in [0.05, 0.1) is 9.73 Å². The number of nitrogens with zero attached hydrogens (tertiary/aromatic N) is 1. The van der Waals surface area contributed by atoms with Crippen molar-refractivity contribution in [2.24, 2.45) is 4.36 Å². The molecule has 0 bridgehead atoms. The second kappa shape index (κ2) is 6.08. The predicted molar refractivity (Wildman–Crippen MR) is 84.7 cm³/mol. The molecule has 0 heterocycles. The lowest BCUT2D eigenvalue weighted by molar-refractivity contribution is 0.100. The van der Waals surface area contributed by atoms with Crippen LogP contribution in [-0.2, 0) is 9.73 Å². The summed E-state index contributed by atoms with van der Waals surface area (Å²) in [6, 6.07) is 13.2. The van der Waals surface area contributed by atoms with Crippen LogP contribution in [0.5, 0.6) is 0 Å². The Morgan fingerprint density at radius 3 is 2.20 bits per heavy atom. The van der Waals surface area contributed by atoms with E-state index in [0.717, 1.165) is 4.47 Å². The number of amides is 1. The van der Waals surface area contributed by atoms with E-state index < -0.39 is 15.6 Å². The predicted octanol–water partition coefficient (Wildman–Crippen LogP) is 4.40. The van der Waals surface area contributed by atoms with Crippen LogP contribution in [0.1, 0.15) is 10.4 Å². The summed E-state index contributed by atoms with van der Waals surface area (Å²) in [4.78, 5) is 12.5. The first-order chi connectivity index (χ1) is 9.38. The Bertz CT molecular complexity index is 748. The highest BCUT2D eigenvalue weighted by Gasteiger charge is 2.11. The molecule has 0 N–H and O–H groups in total. The monoisotopic (exact) mass is 371 g/mol. The van der Waals surface area contributed by atoms with Crippen molar-refractivity contribution in [1.82, 2.24) is 0 Å². The van der Waals surface area contributed by atoms with Crippen LogP contribution in [0.25, 0.3) is 0 Å². The lowest BCUT2D eigenvalue weighted by atomic mass is 10.2.